The van der Waals surface area contributed by atoms with Gasteiger partial charge in [0.2, 0.25) is 0 Å². The summed E-state index contributed by atoms with van der Waals surface area (Å²) in [6, 6.07) is 29.2. The number of aromatic nitrogens is 4. The van der Waals surface area contributed by atoms with Crippen LogP contribution in [0.4, 0.5) is 11.4 Å². The molecule has 12 rings (SSSR count). The molecule has 3 N–H and O–H groups in total. The third kappa shape index (κ3) is 10.0. The average molecular weight is 1040 g/mol. The Morgan fingerprint density at radius 1 is 0.867 bits per heavy atom. The highest BCUT2D eigenvalue weighted by Crippen LogP contribution is 2.65. The molecule has 5 heterocycles. The van der Waals surface area contributed by atoms with Gasteiger partial charge in [0.25, 0.3) is 5.56 Å². The van der Waals surface area contributed by atoms with Crippen molar-refractivity contribution in [1.82, 2.24) is 33.4 Å². The Morgan fingerprint density at radius 3 is 2.17 bits per heavy atom. The van der Waals surface area contributed by atoms with E-state index in [4.69, 9.17) is 4.74 Å². The number of ether oxygens (including phenoxy) is 1. The highest BCUT2D eigenvalue weighted by molar-refractivity contribution is 7.99. The lowest BCUT2D eigenvalue weighted by Crippen LogP contribution is -2.76. The zero-order valence-electron chi connectivity index (χ0n) is 45.4. The molecule has 16 heteroatoms. The molecule has 15 nitrogen and oxygen atoms in total. The van der Waals surface area contributed by atoms with Crippen molar-refractivity contribution in [3.05, 3.63) is 129 Å². The Hall–Kier alpha value is -5.91. The van der Waals surface area contributed by atoms with Crippen molar-refractivity contribution in [2.24, 2.45) is 33.0 Å². The lowest BCUT2D eigenvalue weighted by molar-refractivity contribution is -0.188. The number of rotatable bonds is 10. The van der Waals surface area contributed by atoms with Crippen LogP contribution in [-0.4, -0.2) is 133 Å². The van der Waals surface area contributed by atoms with Crippen LogP contribution >= 0.6 is 11.8 Å². The van der Waals surface area contributed by atoms with E-state index in [0.717, 1.165) is 67.1 Å². The van der Waals surface area contributed by atoms with Gasteiger partial charge < -0.3 is 39.3 Å². The quantitative estimate of drug-likeness (QED) is 0.122. The van der Waals surface area contributed by atoms with E-state index >= 15 is 0 Å². The number of likely N-dealkylation sites (N-methyl/N-ethyl adjacent to an activating group) is 1. The molecule has 4 aromatic carbocycles. The van der Waals surface area contributed by atoms with E-state index in [1.54, 1.807) is 30.8 Å². The summed E-state index contributed by atoms with van der Waals surface area (Å²) in [4.78, 5) is 52.0. The number of carbonyl (C=O) groups is 1. The zero-order chi connectivity index (χ0) is 53.7. The van der Waals surface area contributed by atoms with Crippen molar-refractivity contribution in [2.45, 2.75) is 111 Å². The molecule has 400 valence electrons. The standard InChI is InChI=1S/C20H23NO4.C17H20N2S.C14H23NO.C8H10N4O2/c22-13-4-3-12-9-15-20(24)6-5-14(23)18-19(20,16(12)17(13)25-18)7-8-21(15)10-11-1-2-11;1-13(18(2)3)12-19-14-8-4-6-10-16(14)20-17-11-7-5-9-15(17)19;1-5-14(11(2)10-15(3)4)12-7-6-8-13(16)9-12;1-10-4-9-6-5(10)7(13)12(3)8(14)11(6)2/h3-4,11,15,18,22,24H,1-2,5-10H2;4-11,13H,12H2,1-3H3;6-9,11,14,16H,5,10H2,1-4H3;4H,1-3H3/t15-,18+,19+,20-;;11-,14+;/m1.0./s1. The predicted molar refractivity (Wildman–Crippen MR) is 297 cm³/mol. The number of anilines is 2. The summed E-state index contributed by atoms with van der Waals surface area (Å²) in [5, 5.41) is 31.8. The lowest BCUT2D eigenvalue weighted by Gasteiger charge is -2.62. The van der Waals surface area contributed by atoms with Gasteiger partial charge in [-0.05, 0) is 152 Å². The SMILES string of the molecule is CC(CN1c2ccccc2Sc2ccccc21)N(C)C.CC[C@@H](c1cccc(O)c1)[C@@H](C)CN(C)C.Cn1c(=O)c2c(ncn2C)n(C)c1=O.O=C1CC[C@@]2(O)[C@H]3Cc4ccc(O)c5c4[C@@]2(CCN3CC2CC2)[C@H]1O5. The van der Waals surface area contributed by atoms with Gasteiger partial charge in [-0.15, -0.1) is 0 Å². The lowest BCUT2D eigenvalue weighted by atomic mass is 9.49. The number of fused-ring (bicyclic) bond motifs is 3. The molecule has 6 aliphatic rings. The molecule has 2 saturated carbocycles. The minimum atomic E-state index is -0.940. The summed E-state index contributed by atoms with van der Waals surface area (Å²) in [6.45, 7) is 10.8. The first-order chi connectivity index (χ1) is 35.8. The van der Waals surface area contributed by atoms with Crippen LogP contribution in [-0.2, 0) is 37.8 Å². The maximum atomic E-state index is 12.7. The fourth-order valence-corrected chi connectivity index (χ4v) is 13.7. The number of Topliss-reactive ketones (excluding diaryl/α,β-unsaturated/α-hetero) is 1. The molecule has 7 atom stereocenters. The molecular formula is C59H76N8O7S. The second-order valence-electron chi connectivity index (χ2n) is 22.3. The van der Waals surface area contributed by atoms with Crippen molar-refractivity contribution < 1.29 is 24.9 Å². The number of para-hydroxylation sites is 2. The monoisotopic (exact) mass is 1040 g/mol. The molecule has 75 heavy (non-hydrogen) atoms. The normalized spacial score (nSPS) is 23.1. The molecule has 1 unspecified atom stereocenters. The second-order valence-corrected chi connectivity index (χ2v) is 23.3. The number of hydrogen-bond acceptors (Lipinski definition) is 13. The van der Waals surface area contributed by atoms with Gasteiger partial charge in [0.1, 0.15) is 5.75 Å². The van der Waals surface area contributed by atoms with Gasteiger partial charge in [0, 0.05) is 74.6 Å². The highest BCUT2D eigenvalue weighted by atomic mass is 32.2. The summed E-state index contributed by atoms with van der Waals surface area (Å²) >= 11 is 1.87. The topological polar surface area (TPSA) is 162 Å². The maximum Gasteiger partial charge on any atom is 0.332 e. The fourth-order valence-electron chi connectivity index (χ4n) is 12.6. The number of phenols is 2. The summed E-state index contributed by atoms with van der Waals surface area (Å²) in [5.74, 6) is 2.88. The van der Waals surface area contributed by atoms with Gasteiger partial charge in [-0.1, -0.05) is 68.1 Å². The van der Waals surface area contributed by atoms with Crippen molar-refractivity contribution in [2.75, 3.05) is 59.3 Å². The zero-order valence-corrected chi connectivity index (χ0v) is 46.2. The van der Waals surface area contributed by atoms with Gasteiger partial charge in [-0.2, -0.15) is 0 Å². The van der Waals surface area contributed by atoms with Crippen LogP contribution in [0.5, 0.6) is 17.2 Å². The number of benzene rings is 4. The third-order valence-corrected chi connectivity index (χ3v) is 17.9. The Labute approximate surface area is 445 Å². The number of carbonyl (C=O) groups excluding carboxylic acids is 1. The van der Waals surface area contributed by atoms with Crippen LogP contribution in [0, 0.1) is 11.8 Å². The smallest absolute Gasteiger partial charge is 0.332 e. The van der Waals surface area contributed by atoms with E-state index in [1.807, 2.05) is 30.0 Å². The Bertz CT molecular complexity index is 3140. The van der Waals surface area contributed by atoms with Crippen LogP contribution in [0.15, 0.2) is 111 Å². The summed E-state index contributed by atoms with van der Waals surface area (Å²) in [7, 11) is 13.3. The van der Waals surface area contributed by atoms with Crippen LogP contribution in [0.2, 0.25) is 0 Å². The molecule has 6 aromatic rings. The number of imidazole rings is 1. The van der Waals surface area contributed by atoms with Crippen molar-refractivity contribution in [3.8, 4) is 17.2 Å². The molecular weight excluding hydrogens is 965 g/mol. The van der Waals surface area contributed by atoms with Gasteiger partial charge in [-0.25, -0.2) is 9.78 Å². The Morgan fingerprint density at radius 2 is 1.55 bits per heavy atom. The third-order valence-electron chi connectivity index (χ3n) is 16.8. The van der Waals surface area contributed by atoms with Crippen LogP contribution in [0.1, 0.15) is 81.9 Å². The number of likely N-dealkylation sites (tertiary alicyclic amines) is 1. The molecule has 3 aliphatic carbocycles. The number of aliphatic hydroxyl groups is 1. The minimum absolute atomic E-state index is 0.0454. The van der Waals surface area contributed by atoms with Crippen LogP contribution < -0.4 is 20.9 Å². The van der Waals surface area contributed by atoms with E-state index in [0.29, 0.717) is 53.4 Å². The number of nitrogens with zero attached hydrogens (tertiary/aromatic N) is 8. The Kier molecular flexibility index (Phi) is 15.5. The van der Waals surface area contributed by atoms with Gasteiger partial charge in [0.15, 0.2) is 34.6 Å². The van der Waals surface area contributed by atoms with E-state index in [1.165, 1.54) is 57.5 Å². The Balaban J connectivity index is 0.000000126. The molecule has 0 amide bonds. The molecule has 3 fully saturated rings. The average Bonchev–Trinajstić information content (AvgIpc) is 4.10. The van der Waals surface area contributed by atoms with Gasteiger partial charge in [0.05, 0.1) is 28.7 Å². The molecule has 0 radical (unpaired) electrons. The van der Waals surface area contributed by atoms with E-state index in [9.17, 15) is 29.7 Å². The number of ketones is 1. The molecule has 1 spiro atoms. The number of aromatic hydroxyl groups is 2. The summed E-state index contributed by atoms with van der Waals surface area (Å²) in [6.07, 6.45) is 6.96. The van der Waals surface area contributed by atoms with Gasteiger partial charge in [-0.3, -0.25) is 23.6 Å². The molecule has 1 saturated heterocycles. The van der Waals surface area contributed by atoms with Crippen molar-refractivity contribution in [1.29, 1.82) is 0 Å². The highest BCUT2D eigenvalue weighted by Gasteiger charge is 2.73. The number of aryl methyl sites for hydroxylation is 2. The second kappa shape index (κ2) is 21.6. The minimum Gasteiger partial charge on any atom is -0.508 e. The maximum absolute atomic E-state index is 12.7. The summed E-state index contributed by atoms with van der Waals surface area (Å²) < 4.78 is 10.1. The van der Waals surface area contributed by atoms with Crippen molar-refractivity contribution >= 4 is 40.1 Å². The fraction of sp³-hybridized carbons (Fsp3) is 0.492. The van der Waals surface area contributed by atoms with E-state index in [-0.39, 0.29) is 28.8 Å². The van der Waals surface area contributed by atoms with Crippen LogP contribution in [0.25, 0.3) is 11.2 Å². The van der Waals surface area contributed by atoms with Crippen molar-refractivity contribution in [3.63, 3.8) is 0 Å². The van der Waals surface area contributed by atoms with Gasteiger partial charge >= 0.3 is 5.69 Å². The largest absolute Gasteiger partial charge is 0.508 e. The number of phenolic OH excluding ortho intramolecular Hbond substituents is 2. The first-order valence-corrected chi connectivity index (χ1v) is 27.4. The first-order valence-electron chi connectivity index (χ1n) is 26.6. The molecule has 3 aliphatic heterocycles. The summed E-state index contributed by atoms with van der Waals surface area (Å²) in [5.41, 5.74) is 4.53. The predicted octanol–water partition coefficient (Wildman–Crippen LogP) is 7.82. The van der Waals surface area contributed by atoms with E-state index < -0.39 is 17.1 Å². The molecule has 2 bridgehead atoms. The number of piperidine rings is 1. The molecule has 2 aromatic heterocycles. The first kappa shape index (κ1) is 53.9. The van der Waals surface area contributed by atoms with Crippen LogP contribution in [0.3, 0.4) is 0 Å². The number of hydrogen-bond donors (Lipinski definition) is 3. The van der Waals surface area contributed by atoms with E-state index in [2.05, 4.69) is 128 Å².